The zero-order valence-corrected chi connectivity index (χ0v) is 14.5. The van der Waals surface area contributed by atoms with E-state index in [2.05, 4.69) is 10.3 Å². The third kappa shape index (κ3) is 4.23. The van der Waals surface area contributed by atoms with Gasteiger partial charge in [0.05, 0.1) is 5.92 Å². The number of anilines is 1. The van der Waals surface area contributed by atoms with E-state index in [0.29, 0.717) is 0 Å². The molecule has 0 aliphatic heterocycles. The van der Waals surface area contributed by atoms with Crippen LogP contribution < -0.4 is 11.1 Å². The molecule has 0 spiro atoms. The number of hydrogen-bond donors (Lipinski definition) is 2. The number of nitrogens with two attached hydrogens (primary N) is 1. The molecule has 0 aliphatic rings. The molecule has 3 rings (SSSR count). The minimum absolute atomic E-state index is 0. The lowest BCUT2D eigenvalue weighted by molar-refractivity contribution is -0.117. The number of carbonyl (C=O) groups excluding carboxylic acids is 1. The lowest BCUT2D eigenvalue weighted by Crippen LogP contribution is -2.27. The van der Waals surface area contributed by atoms with E-state index in [1.54, 1.807) is 12.4 Å². The number of hydrogen-bond acceptors (Lipinski definition) is 3. The van der Waals surface area contributed by atoms with Crippen LogP contribution in [0.25, 0.3) is 10.8 Å². The topological polar surface area (TPSA) is 68.0 Å². The summed E-state index contributed by atoms with van der Waals surface area (Å²) in [4.78, 5) is 16.7. The summed E-state index contributed by atoms with van der Waals surface area (Å²) in [5.74, 6) is -0.462. The van der Waals surface area contributed by atoms with Crippen LogP contribution in [0, 0.1) is 0 Å². The zero-order chi connectivity index (χ0) is 15.4. The Bertz CT molecular complexity index is 791. The van der Waals surface area contributed by atoms with Crippen LogP contribution in [0.1, 0.15) is 11.5 Å². The average Bonchev–Trinajstić information content (AvgIpc) is 2.57. The van der Waals surface area contributed by atoms with Crippen molar-refractivity contribution in [3.05, 3.63) is 72.6 Å². The molecule has 1 atom stereocenters. The number of carbonyl (C=O) groups is 1. The van der Waals surface area contributed by atoms with Crippen LogP contribution in [0.3, 0.4) is 0 Å². The summed E-state index contributed by atoms with van der Waals surface area (Å²) in [6.07, 6.45) is 3.50. The zero-order valence-electron chi connectivity index (χ0n) is 12.9. The van der Waals surface area contributed by atoms with Crippen molar-refractivity contribution >= 4 is 47.2 Å². The third-order valence-corrected chi connectivity index (χ3v) is 3.69. The van der Waals surface area contributed by atoms with Gasteiger partial charge in [0.15, 0.2) is 0 Å². The largest absolute Gasteiger partial charge is 0.329 e. The van der Waals surface area contributed by atoms with Crippen LogP contribution in [0.5, 0.6) is 0 Å². The highest BCUT2D eigenvalue weighted by atomic mass is 35.5. The molecule has 3 aromatic rings. The Kier molecular flexibility index (Phi) is 7.65. The number of aromatic nitrogens is 1. The van der Waals surface area contributed by atoms with Crippen LogP contribution in [0.2, 0.25) is 0 Å². The molecular formula is C18H19Cl2N3O. The molecule has 1 heterocycles. The van der Waals surface area contributed by atoms with Crippen LogP contribution in [0.4, 0.5) is 5.69 Å². The van der Waals surface area contributed by atoms with E-state index in [4.69, 9.17) is 5.73 Å². The quantitative estimate of drug-likeness (QED) is 0.741. The fourth-order valence-corrected chi connectivity index (χ4v) is 2.53. The van der Waals surface area contributed by atoms with Gasteiger partial charge in [-0.3, -0.25) is 9.78 Å². The van der Waals surface area contributed by atoms with E-state index < -0.39 is 0 Å². The van der Waals surface area contributed by atoms with Crippen molar-refractivity contribution in [3.8, 4) is 0 Å². The predicted molar refractivity (Wildman–Crippen MR) is 103 cm³/mol. The van der Waals surface area contributed by atoms with Gasteiger partial charge in [0, 0.05) is 35.4 Å². The maximum atomic E-state index is 12.6. The number of benzene rings is 2. The first-order valence-corrected chi connectivity index (χ1v) is 7.18. The molecule has 0 fully saturated rings. The van der Waals surface area contributed by atoms with Crippen molar-refractivity contribution < 1.29 is 4.79 Å². The summed E-state index contributed by atoms with van der Waals surface area (Å²) in [5, 5.41) is 4.95. The molecule has 126 valence electrons. The fourth-order valence-electron chi connectivity index (χ4n) is 2.53. The molecule has 0 aliphatic carbocycles. The van der Waals surface area contributed by atoms with Gasteiger partial charge in [-0.05, 0) is 17.7 Å². The Balaban J connectivity index is 0.00000144. The number of nitrogens with zero attached hydrogens (tertiary/aromatic N) is 1. The SMILES string of the molecule is Cl.Cl.NCC(C(=O)Nc1cccc2cnccc12)c1ccccc1. The molecule has 1 unspecified atom stereocenters. The summed E-state index contributed by atoms with van der Waals surface area (Å²) in [7, 11) is 0. The maximum Gasteiger partial charge on any atom is 0.233 e. The summed E-state index contributed by atoms with van der Waals surface area (Å²) in [5.41, 5.74) is 7.50. The van der Waals surface area contributed by atoms with Gasteiger partial charge >= 0.3 is 0 Å². The van der Waals surface area contributed by atoms with Crippen molar-refractivity contribution in [2.24, 2.45) is 5.73 Å². The van der Waals surface area contributed by atoms with E-state index in [9.17, 15) is 4.79 Å². The van der Waals surface area contributed by atoms with E-state index in [-0.39, 0.29) is 43.2 Å². The molecule has 6 heteroatoms. The Morgan fingerprint density at radius 1 is 1.04 bits per heavy atom. The van der Waals surface area contributed by atoms with Gasteiger partial charge in [0.1, 0.15) is 0 Å². The Hall–Kier alpha value is -2.14. The summed E-state index contributed by atoms with van der Waals surface area (Å²) in [6, 6.07) is 17.2. The van der Waals surface area contributed by atoms with Crippen LogP contribution >= 0.6 is 24.8 Å². The van der Waals surface area contributed by atoms with E-state index in [0.717, 1.165) is 22.0 Å². The Labute approximate surface area is 153 Å². The second kappa shape index (κ2) is 9.23. The van der Waals surface area contributed by atoms with Gasteiger partial charge in [0.25, 0.3) is 0 Å². The lowest BCUT2D eigenvalue weighted by Gasteiger charge is -2.16. The first-order chi connectivity index (χ1) is 10.8. The molecular weight excluding hydrogens is 345 g/mol. The minimum atomic E-state index is -0.363. The second-order valence-electron chi connectivity index (χ2n) is 5.09. The smallest absolute Gasteiger partial charge is 0.233 e. The first-order valence-electron chi connectivity index (χ1n) is 7.18. The Morgan fingerprint density at radius 3 is 2.50 bits per heavy atom. The molecule has 1 aromatic heterocycles. The number of amides is 1. The van der Waals surface area contributed by atoms with Gasteiger partial charge in [-0.15, -0.1) is 24.8 Å². The number of halogens is 2. The maximum absolute atomic E-state index is 12.6. The number of fused-ring (bicyclic) bond motifs is 1. The van der Waals surface area contributed by atoms with Gasteiger partial charge in [-0.1, -0.05) is 42.5 Å². The molecule has 2 aromatic carbocycles. The van der Waals surface area contributed by atoms with Crippen LogP contribution in [-0.2, 0) is 4.79 Å². The van der Waals surface area contributed by atoms with E-state index in [1.807, 2.05) is 54.6 Å². The van der Waals surface area contributed by atoms with Crippen molar-refractivity contribution in [3.63, 3.8) is 0 Å². The molecule has 0 bridgehead atoms. The van der Waals surface area contributed by atoms with Crippen LogP contribution in [-0.4, -0.2) is 17.4 Å². The highest BCUT2D eigenvalue weighted by molar-refractivity contribution is 6.04. The van der Waals surface area contributed by atoms with E-state index >= 15 is 0 Å². The number of pyridine rings is 1. The normalized spacial score (nSPS) is 11.0. The lowest BCUT2D eigenvalue weighted by atomic mass is 9.98. The molecule has 4 nitrogen and oxygen atoms in total. The first kappa shape index (κ1) is 19.9. The summed E-state index contributed by atoms with van der Waals surface area (Å²) >= 11 is 0. The van der Waals surface area contributed by atoms with Crippen molar-refractivity contribution in [2.45, 2.75) is 5.92 Å². The standard InChI is InChI=1S/C18H17N3O.2ClH/c19-11-16(13-5-2-1-3-6-13)18(22)21-17-8-4-7-14-12-20-10-9-15(14)17;;/h1-10,12,16H,11,19H2,(H,21,22);2*1H. The Morgan fingerprint density at radius 2 is 1.79 bits per heavy atom. The second-order valence-corrected chi connectivity index (χ2v) is 5.09. The minimum Gasteiger partial charge on any atom is -0.329 e. The molecule has 0 saturated carbocycles. The van der Waals surface area contributed by atoms with E-state index in [1.165, 1.54) is 0 Å². The fraction of sp³-hybridized carbons (Fsp3) is 0.111. The average molecular weight is 364 g/mol. The molecule has 1 amide bonds. The predicted octanol–water partition coefficient (Wildman–Crippen LogP) is 3.76. The van der Waals surface area contributed by atoms with Gasteiger partial charge < -0.3 is 11.1 Å². The number of nitrogens with one attached hydrogen (secondary N) is 1. The molecule has 24 heavy (non-hydrogen) atoms. The summed E-state index contributed by atoms with van der Waals surface area (Å²) in [6.45, 7) is 0.266. The molecule has 0 saturated heterocycles. The summed E-state index contributed by atoms with van der Waals surface area (Å²) < 4.78 is 0. The van der Waals surface area contributed by atoms with Crippen molar-refractivity contribution in [1.82, 2.24) is 4.98 Å². The number of rotatable bonds is 4. The van der Waals surface area contributed by atoms with Gasteiger partial charge in [-0.25, -0.2) is 0 Å². The highest BCUT2D eigenvalue weighted by Crippen LogP contribution is 2.24. The van der Waals surface area contributed by atoms with Gasteiger partial charge in [0.2, 0.25) is 5.91 Å². The van der Waals surface area contributed by atoms with Gasteiger partial charge in [-0.2, -0.15) is 0 Å². The monoisotopic (exact) mass is 363 g/mol. The van der Waals surface area contributed by atoms with Crippen molar-refractivity contribution in [2.75, 3.05) is 11.9 Å². The van der Waals surface area contributed by atoms with Crippen LogP contribution in [0.15, 0.2) is 67.0 Å². The molecule has 0 radical (unpaired) electrons. The third-order valence-electron chi connectivity index (χ3n) is 3.69. The highest BCUT2D eigenvalue weighted by Gasteiger charge is 2.19. The molecule has 3 N–H and O–H groups in total. The van der Waals surface area contributed by atoms with Crippen molar-refractivity contribution in [1.29, 1.82) is 0 Å².